The Labute approximate surface area is 70.0 Å². The second-order valence-electron chi connectivity index (χ2n) is 3.15. The summed E-state index contributed by atoms with van der Waals surface area (Å²) in [6, 6.07) is 0. The molecule has 1 aliphatic rings. The van der Waals surface area contributed by atoms with Crippen LogP contribution in [0.25, 0.3) is 0 Å². The zero-order chi connectivity index (χ0) is 8.43. The molecule has 0 bridgehead atoms. The molecule has 11 heavy (non-hydrogen) atoms. The van der Waals surface area contributed by atoms with E-state index in [2.05, 4.69) is 33.8 Å². The van der Waals surface area contributed by atoms with E-state index in [-0.39, 0.29) is 0 Å². The summed E-state index contributed by atoms with van der Waals surface area (Å²) in [6.07, 6.45) is 4.70. The Morgan fingerprint density at radius 2 is 1.73 bits per heavy atom. The average Bonchev–Trinajstić information content (AvgIpc) is 2.30. The maximum atomic E-state index is 2.35. The van der Waals surface area contributed by atoms with Gasteiger partial charge in [0, 0.05) is 5.92 Å². The smallest absolute Gasteiger partial charge is 0.0227 e. The molecule has 0 N–H and O–H groups in total. The Morgan fingerprint density at radius 1 is 1.09 bits per heavy atom. The van der Waals surface area contributed by atoms with Gasteiger partial charge in [-0.15, -0.1) is 0 Å². The molecule has 0 saturated heterocycles. The summed E-state index contributed by atoms with van der Waals surface area (Å²) < 4.78 is 0. The van der Waals surface area contributed by atoms with Crippen molar-refractivity contribution < 1.29 is 0 Å². The van der Waals surface area contributed by atoms with Gasteiger partial charge in [-0.2, -0.15) is 0 Å². The zero-order valence-corrected chi connectivity index (χ0v) is 7.99. The molecule has 0 aromatic heterocycles. The third-order valence-electron chi connectivity index (χ3n) is 2.64. The van der Waals surface area contributed by atoms with Crippen LogP contribution in [0, 0.1) is 5.92 Å². The Balaban J connectivity index is 2.84. The van der Waals surface area contributed by atoms with Gasteiger partial charge in [-0.25, -0.2) is 0 Å². The number of allylic oxidation sites excluding steroid dienone is 4. The van der Waals surface area contributed by atoms with Gasteiger partial charge in [-0.05, 0) is 25.3 Å². The number of rotatable bonds is 2. The molecule has 0 aromatic carbocycles. The van der Waals surface area contributed by atoms with Gasteiger partial charge in [-0.1, -0.05) is 38.0 Å². The molecule has 0 spiro atoms. The van der Waals surface area contributed by atoms with Crippen molar-refractivity contribution in [2.75, 3.05) is 0 Å². The van der Waals surface area contributed by atoms with Crippen molar-refractivity contribution >= 4 is 0 Å². The molecule has 0 unspecified atom stereocenters. The Hall–Kier alpha value is -0.520. The van der Waals surface area contributed by atoms with Crippen molar-refractivity contribution in [1.29, 1.82) is 0 Å². The van der Waals surface area contributed by atoms with E-state index in [4.69, 9.17) is 0 Å². The van der Waals surface area contributed by atoms with Crippen LogP contribution in [0.5, 0.6) is 0 Å². The molecule has 0 heteroatoms. The van der Waals surface area contributed by atoms with Gasteiger partial charge in [0.15, 0.2) is 0 Å². The molecule has 1 rings (SSSR count). The van der Waals surface area contributed by atoms with Gasteiger partial charge in [0.2, 0.25) is 0 Å². The van der Waals surface area contributed by atoms with Crippen LogP contribution in [0.1, 0.15) is 40.5 Å². The quantitative estimate of drug-likeness (QED) is 0.562. The first-order valence-corrected chi connectivity index (χ1v) is 4.45. The Kier molecular flexibility index (Phi) is 2.53. The fraction of sp³-hybridized carbons (Fsp3) is 0.545. The molecule has 0 heterocycles. The van der Waals surface area contributed by atoms with Crippen molar-refractivity contribution in [1.82, 2.24) is 0 Å². The summed E-state index contributed by atoms with van der Waals surface area (Å²) in [5, 5.41) is 0. The lowest BCUT2D eigenvalue weighted by molar-refractivity contribution is 1.03. The van der Waals surface area contributed by atoms with Crippen LogP contribution in [0.4, 0.5) is 0 Å². The van der Waals surface area contributed by atoms with Gasteiger partial charge >= 0.3 is 0 Å². The number of hydrogen-bond acceptors (Lipinski definition) is 0. The molecule has 0 aliphatic heterocycles. The average molecular weight is 149 g/mol. The van der Waals surface area contributed by atoms with Crippen LogP contribution in [-0.4, -0.2) is 0 Å². The minimum Gasteiger partial charge on any atom is -0.0616 e. The Bertz CT molecular complexity index is 206. The third kappa shape index (κ3) is 1.40. The molecule has 0 aromatic rings. The second kappa shape index (κ2) is 3.25. The van der Waals surface area contributed by atoms with Crippen molar-refractivity contribution in [3.05, 3.63) is 28.7 Å². The second-order valence-corrected chi connectivity index (χ2v) is 3.15. The summed E-state index contributed by atoms with van der Waals surface area (Å²) in [6.45, 7) is 8.91. The molecular formula is C11H17. The zero-order valence-electron chi connectivity index (χ0n) is 7.99. The molecule has 1 aliphatic carbocycles. The Morgan fingerprint density at radius 3 is 2.00 bits per heavy atom. The van der Waals surface area contributed by atoms with Crippen LogP contribution in [-0.2, 0) is 0 Å². The predicted octanol–water partition coefficient (Wildman–Crippen LogP) is 3.66. The highest BCUT2D eigenvalue weighted by atomic mass is 14.2. The van der Waals surface area contributed by atoms with Crippen LogP contribution in [0.15, 0.2) is 22.8 Å². The third-order valence-corrected chi connectivity index (χ3v) is 2.64. The van der Waals surface area contributed by atoms with E-state index in [0.29, 0.717) is 0 Å². The highest BCUT2D eigenvalue weighted by Gasteiger charge is 2.18. The molecule has 0 amide bonds. The fourth-order valence-electron chi connectivity index (χ4n) is 1.64. The normalized spacial score (nSPS) is 19.5. The summed E-state index contributed by atoms with van der Waals surface area (Å²) in [5.74, 6) is 1.50. The fourth-order valence-corrected chi connectivity index (χ4v) is 1.64. The standard InChI is InChI=1S/C11H17/c1-5-10-7-11(6-2)9(4)8(10)3/h7H,5-6H2,1-4H3. The monoisotopic (exact) mass is 149 g/mol. The lowest BCUT2D eigenvalue weighted by Crippen LogP contribution is -1.92. The summed E-state index contributed by atoms with van der Waals surface area (Å²) in [5.41, 5.74) is 4.56. The van der Waals surface area contributed by atoms with E-state index in [1.165, 1.54) is 35.5 Å². The van der Waals surface area contributed by atoms with Crippen LogP contribution in [0.3, 0.4) is 0 Å². The van der Waals surface area contributed by atoms with Crippen LogP contribution in [0.2, 0.25) is 0 Å². The van der Waals surface area contributed by atoms with E-state index in [9.17, 15) is 0 Å². The lowest BCUT2D eigenvalue weighted by atomic mass is 9.97. The maximum Gasteiger partial charge on any atom is 0.0227 e. The molecule has 0 nitrogen and oxygen atoms in total. The van der Waals surface area contributed by atoms with Gasteiger partial charge < -0.3 is 0 Å². The first kappa shape index (κ1) is 8.58. The SMILES string of the molecule is CCC1=CC(CC)=C(C)[C]1C. The minimum absolute atomic E-state index is 1.17. The van der Waals surface area contributed by atoms with Gasteiger partial charge in [0.05, 0.1) is 0 Å². The summed E-state index contributed by atoms with van der Waals surface area (Å²) >= 11 is 0. The largest absolute Gasteiger partial charge is 0.0616 e. The summed E-state index contributed by atoms with van der Waals surface area (Å²) in [4.78, 5) is 0. The van der Waals surface area contributed by atoms with Crippen LogP contribution < -0.4 is 0 Å². The van der Waals surface area contributed by atoms with Crippen molar-refractivity contribution in [3.8, 4) is 0 Å². The van der Waals surface area contributed by atoms with E-state index >= 15 is 0 Å². The minimum atomic E-state index is 1.17. The molecular weight excluding hydrogens is 132 g/mol. The van der Waals surface area contributed by atoms with E-state index in [1.54, 1.807) is 0 Å². The van der Waals surface area contributed by atoms with Gasteiger partial charge in [0.1, 0.15) is 0 Å². The summed E-state index contributed by atoms with van der Waals surface area (Å²) in [7, 11) is 0. The molecule has 0 fully saturated rings. The first-order valence-electron chi connectivity index (χ1n) is 4.45. The molecule has 1 radical (unpaired) electrons. The van der Waals surface area contributed by atoms with Crippen molar-refractivity contribution in [2.45, 2.75) is 40.5 Å². The van der Waals surface area contributed by atoms with Crippen LogP contribution >= 0.6 is 0 Å². The lowest BCUT2D eigenvalue weighted by Gasteiger charge is -2.07. The van der Waals surface area contributed by atoms with Gasteiger partial charge in [-0.3, -0.25) is 0 Å². The van der Waals surface area contributed by atoms with Crippen molar-refractivity contribution in [2.24, 2.45) is 0 Å². The van der Waals surface area contributed by atoms with E-state index < -0.39 is 0 Å². The molecule has 61 valence electrons. The first-order chi connectivity index (χ1) is 5.20. The topological polar surface area (TPSA) is 0 Å². The highest BCUT2D eigenvalue weighted by molar-refractivity contribution is 5.52. The molecule has 0 saturated carbocycles. The maximum absolute atomic E-state index is 2.35. The van der Waals surface area contributed by atoms with E-state index in [0.717, 1.165) is 0 Å². The predicted molar refractivity (Wildman–Crippen MR) is 50.3 cm³/mol. The highest BCUT2D eigenvalue weighted by Crippen LogP contribution is 2.35. The van der Waals surface area contributed by atoms with Crippen molar-refractivity contribution in [3.63, 3.8) is 0 Å². The molecule has 0 atom stereocenters. The number of hydrogen-bond donors (Lipinski definition) is 0. The van der Waals surface area contributed by atoms with E-state index in [1.807, 2.05) is 0 Å². The van der Waals surface area contributed by atoms with Gasteiger partial charge in [0.25, 0.3) is 0 Å².